The van der Waals surface area contributed by atoms with Crippen LogP contribution in [0.1, 0.15) is 10.5 Å². The lowest BCUT2D eigenvalue weighted by Gasteiger charge is -2.32. The smallest absolute Gasteiger partial charge is 0.274 e. The molecule has 1 fully saturated rings. The second-order valence-electron chi connectivity index (χ2n) is 5.45. The Kier molecular flexibility index (Phi) is 6.53. The summed E-state index contributed by atoms with van der Waals surface area (Å²) >= 11 is 13.3. The zero-order valence-electron chi connectivity index (χ0n) is 13.9. The van der Waals surface area contributed by atoms with Gasteiger partial charge in [-0.05, 0) is 6.26 Å². The molecule has 1 aliphatic rings. The van der Waals surface area contributed by atoms with E-state index < -0.39 is 0 Å². The molecule has 7 nitrogen and oxygen atoms in total. The first-order chi connectivity index (χ1) is 12.6. The van der Waals surface area contributed by atoms with E-state index in [4.69, 9.17) is 32.7 Å². The largest absolute Gasteiger partial charge is 0.489 e. The van der Waals surface area contributed by atoms with Crippen molar-refractivity contribution in [2.75, 3.05) is 32.6 Å². The Labute approximate surface area is 165 Å². The van der Waals surface area contributed by atoms with Crippen molar-refractivity contribution in [3.8, 4) is 5.75 Å². The van der Waals surface area contributed by atoms with Gasteiger partial charge in [0.25, 0.3) is 5.91 Å². The summed E-state index contributed by atoms with van der Waals surface area (Å²) in [7, 11) is 0. The third-order valence-electron chi connectivity index (χ3n) is 3.65. The van der Waals surface area contributed by atoms with Gasteiger partial charge in [-0.25, -0.2) is 9.97 Å². The molecule has 2 aromatic heterocycles. The number of carbonyl (C=O) groups excluding carboxylic acids is 1. The fourth-order valence-corrected chi connectivity index (χ4v) is 3.09. The van der Waals surface area contributed by atoms with Gasteiger partial charge < -0.3 is 14.4 Å². The highest BCUT2D eigenvalue weighted by atomic mass is 35.5. The number of hydrogen-bond donors (Lipinski definition) is 0. The van der Waals surface area contributed by atoms with E-state index in [9.17, 15) is 4.79 Å². The number of amides is 1. The number of hydrogen-bond acceptors (Lipinski definition) is 7. The molecule has 138 valence electrons. The van der Waals surface area contributed by atoms with E-state index in [2.05, 4.69) is 15.0 Å². The highest BCUT2D eigenvalue weighted by Gasteiger charge is 2.28. The molecular weight excluding hydrogens is 399 g/mol. The molecule has 0 aliphatic carbocycles. The van der Waals surface area contributed by atoms with Gasteiger partial charge in [0.15, 0.2) is 10.9 Å². The van der Waals surface area contributed by atoms with Crippen molar-refractivity contribution < 1.29 is 14.3 Å². The number of aromatic nitrogens is 3. The Morgan fingerprint density at radius 2 is 2.27 bits per heavy atom. The second kappa shape index (κ2) is 8.85. The Balaban J connectivity index is 1.63. The fraction of sp³-hybridized carbons (Fsp3) is 0.375. The van der Waals surface area contributed by atoms with Crippen LogP contribution in [-0.2, 0) is 4.74 Å². The number of pyridine rings is 1. The monoisotopic (exact) mass is 414 g/mol. The lowest BCUT2D eigenvalue weighted by molar-refractivity contribution is -0.0403. The maximum Gasteiger partial charge on any atom is 0.274 e. The topological polar surface area (TPSA) is 77.4 Å². The highest BCUT2D eigenvalue weighted by Crippen LogP contribution is 2.20. The zero-order chi connectivity index (χ0) is 18.5. The molecular formula is C16H16Cl2N4O3S. The van der Waals surface area contributed by atoms with E-state index in [-0.39, 0.29) is 29.3 Å². The van der Waals surface area contributed by atoms with E-state index >= 15 is 0 Å². The van der Waals surface area contributed by atoms with Gasteiger partial charge in [-0.1, -0.05) is 35.0 Å². The third kappa shape index (κ3) is 4.76. The van der Waals surface area contributed by atoms with Crippen LogP contribution in [0.4, 0.5) is 0 Å². The summed E-state index contributed by atoms with van der Waals surface area (Å²) in [5.41, 5.74) is 0.201. The van der Waals surface area contributed by atoms with Crippen LogP contribution in [0.5, 0.6) is 5.75 Å². The van der Waals surface area contributed by atoms with E-state index in [1.807, 2.05) is 6.26 Å². The Bertz CT molecular complexity index is 796. The quantitative estimate of drug-likeness (QED) is 0.549. The standard InChI is InChI=1S/C16H16Cl2N4O3S/c1-26-16-20-7-13(18)14(21-16)15(23)22-2-3-24-12(8-22)9-25-11-4-10(17)5-19-6-11/h4-7,12H,2-3,8-9H2,1H3. The van der Waals surface area contributed by atoms with Crippen LogP contribution in [0.3, 0.4) is 0 Å². The first-order valence-electron chi connectivity index (χ1n) is 7.77. The van der Waals surface area contributed by atoms with Gasteiger partial charge in [0, 0.05) is 18.8 Å². The van der Waals surface area contributed by atoms with Crippen LogP contribution in [0, 0.1) is 0 Å². The van der Waals surface area contributed by atoms with E-state index in [1.165, 1.54) is 24.2 Å². The van der Waals surface area contributed by atoms with Gasteiger partial charge in [0.05, 0.1) is 35.6 Å². The summed E-state index contributed by atoms with van der Waals surface area (Å²) in [6.45, 7) is 1.52. The van der Waals surface area contributed by atoms with Gasteiger partial charge in [0.2, 0.25) is 0 Å². The molecule has 0 radical (unpaired) electrons. The number of halogens is 2. The Morgan fingerprint density at radius 1 is 1.42 bits per heavy atom. The summed E-state index contributed by atoms with van der Waals surface area (Å²) in [4.78, 5) is 26.7. The van der Waals surface area contributed by atoms with Gasteiger partial charge in [-0.3, -0.25) is 9.78 Å². The molecule has 1 amide bonds. The predicted molar refractivity (Wildman–Crippen MR) is 99.2 cm³/mol. The van der Waals surface area contributed by atoms with E-state index in [0.717, 1.165) is 0 Å². The van der Waals surface area contributed by atoms with Crippen molar-refractivity contribution in [3.05, 3.63) is 40.4 Å². The Hall–Kier alpha value is -1.61. The molecule has 0 saturated carbocycles. The number of carbonyl (C=O) groups is 1. The van der Waals surface area contributed by atoms with E-state index in [0.29, 0.717) is 35.6 Å². The van der Waals surface area contributed by atoms with E-state index in [1.54, 1.807) is 17.2 Å². The summed E-state index contributed by atoms with van der Waals surface area (Å²) in [5.74, 6) is 0.304. The minimum Gasteiger partial charge on any atom is -0.489 e. The summed E-state index contributed by atoms with van der Waals surface area (Å²) in [6.07, 6.45) is 6.11. The number of rotatable bonds is 5. The molecule has 3 rings (SSSR count). The highest BCUT2D eigenvalue weighted by molar-refractivity contribution is 7.98. The minimum absolute atomic E-state index is 0.201. The van der Waals surface area contributed by atoms with Crippen LogP contribution >= 0.6 is 35.0 Å². The molecule has 2 aromatic rings. The van der Waals surface area contributed by atoms with Crippen molar-refractivity contribution in [3.63, 3.8) is 0 Å². The van der Waals surface area contributed by atoms with Gasteiger partial charge in [-0.15, -0.1) is 0 Å². The van der Waals surface area contributed by atoms with Crippen molar-refractivity contribution in [2.24, 2.45) is 0 Å². The molecule has 3 heterocycles. The molecule has 1 atom stereocenters. The van der Waals surface area contributed by atoms with Gasteiger partial charge >= 0.3 is 0 Å². The van der Waals surface area contributed by atoms with Crippen LogP contribution in [0.15, 0.2) is 29.8 Å². The molecule has 26 heavy (non-hydrogen) atoms. The predicted octanol–water partition coefficient (Wildman–Crippen LogP) is 2.82. The van der Waals surface area contributed by atoms with Crippen LogP contribution in [0.2, 0.25) is 10.0 Å². The zero-order valence-corrected chi connectivity index (χ0v) is 16.2. The lowest BCUT2D eigenvalue weighted by atomic mass is 10.2. The molecule has 0 N–H and O–H groups in total. The number of nitrogens with zero attached hydrogens (tertiary/aromatic N) is 4. The Morgan fingerprint density at radius 3 is 3.04 bits per heavy atom. The molecule has 10 heteroatoms. The summed E-state index contributed by atoms with van der Waals surface area (Å²) in [5, 5.41) is 1.23. The summed E-state index contributed by atoms with van der Waals surface area (Å²) in [6, 6.07) is 1.67. The molecule has 1 saturated heterocycles. The lowest BCUT2D eigenvalue weighted by Crippen LogP contribution is -2.48. The molecule has 0 bridgehead atoms. The minimum atomic E-state index is -0.271. The third-order valence-corrected chi connectivity index (χ3v) is 4.69. The van der Waals surface area contributed by atoms with Crippen molar-refractivity contribution in [1.29, 1.82) is 0 Å². The molecule has 0 spiro atoms. The number of thioether (sulfide) groups is 1. The van der Waals surface area contributed by atoms with Gasteiger partial charge in [0.1, 0.15) is 18.5 Å². The van der Waals surface area contributed by atoms with Crippen LogP contribution < -0.4 is 4.74 Å². The second-order valence-corrected chi connectivity index (χ2v) is 7.06. The average Bonchev–Trinajstić information content (AvgIpc) is 2.66. The fourth-order valence-electron chi connectivity index (χ4n) is 2.41. The van der Waals surface area contributed by atoms with Crippen LogP contribution in [-0.4, -0.2) is 64.4 Å². The molecule has 1 aliphatic heterocycles. The number of ether oxygens (including phenoxy) is 2. The van der Waals surface area contributed by atoms with Crippen LogP contribution in [0.25, 0.3) is 0 Å². The first-order valence-corrected chi connectivity index (χ1v) is 9.75. The maximum atomic E-state index is 12.8. The maximum absolute atomic E-state index is 12.8. The van der Waals surface area contributed by atoms with Gasteiger partial charge in [-0.2, -0.15) is 0 Å². The summed E-state index contributed by atoms with van der Waals surface area (Å²) < 4.78 is 11.3. The normalized spacial score (nSPS) is 17.2. The number of morpholine rings is 1. The SMILES string of the molecule is CSc1ncc(Cl)c(C(=O)N2CCOC(COc3cncc(Cl)c3)C2)n1. The van der Waals surface area contributed by atoms with Crippen molar-refractivity contribution in [2.45, 2.75) is 11.3 Å². The average molecular weight is 415 g/mol. The van der Waals surface area contributed by atoms with Crippen molar-refractivity contribution in [1.82, 2.24) is 19.9 Å². The molecule has 1 unspecified atom stereocenters. The molecule has 0 aromatic carbocycles. The first kappa shape index (κ1) is 19.2. The van der Waals surface area contributed by atoms with Crippen molar-refractivity contribution >= 4 is 40.9 Å².